The number of amides is 1. The van der Waals surface area contributed by atoms with E-state index >= 15 is 0 Å². The zero-order valence-electron chi connectivity index (χ0n) is 21.9. The van der Waals surface area contributed by atoms with E-state index in [0.29, 0.717) is 22.3 Å². The van der Waals surface area contributed by atoms with Crippen LogP contribution in [0.5, 0.6) is 5.75 Å². The number of hydrogen-bond donors (Lipinski definition) is 5. The number of aromatic nitrogens is 1. The Bertz CT molecular complexity index is 1410. The molecule has 13 heteroatoms. The normalized spacial score (nSPS) is 22.3. The molecule has 2 aromatic carbocycles. The lowest BCUT2D eigenvalue weighted by Gasteiger charge is -2.42. The van der Waals surface area contributed by atoms with Crippen LogP contribution >= 0.6 is 0 Å². The molecular weight excluding hydrogens is 526 g/mol. The number of carbonyl (C=O) groups excluding carboxylic acids is 3. The Balaban J connectivity index is 1.69. The Morgan fingerprint density at radius 3 is 2.45 bits per heavy atom. The Labute approximate surface area is 228 Å². The standard InChI is InChI=1S/C27H29N3O10/c1-13(32)29-22-24(34)23(33)20(12-31)40-27(22)39-16-6-4-5-15(10-16)30-21-17-9-14(25(35)37-2)7-8-19(17)28-11-18(21)26(36)38-3/h4-11,20,22-24,27,31,33-34H,12H2,1-3H3,(H,28,30)(H,29,32)/t20-,22+,23+,24-,27-/m0/s1. The molecule has 0 radical (unpaired) electrons. The zero-order chi connectivity index (χ0) is 29.0. The predicted molar refractivity (Wildman–Crippen MR) is 140 cm³/mol. The van der Waals surface area contributed by atoms with Crippen molar-refractivity contribution in [2.24, 2.45) is 0 Å². The number of benzene rings is 2. The Morgan fingerprint density at radius 1 is 1.02 bits per heavy atom. The topological polar surface area (TPSA) is 186 Å². The quantitative estimate of drug-likeness (QED) is 0.247. The summed E-state index contributed by atoms with van der Waals surface area (Å²) in [5.41, 5.74) is 1.60. The number of carbonyl (C=O) groups is 3. The van der Waals surface area contributed by atoms with Crippen molar-refractivity contribution in [1.29, 1.82) is 0 Å². The smallest absolute Gasteiger partial charge is 0.341 e. The molecule has 0 unspecified atom stereocenters. The van der Waals surface area contributed by atoms with E-state index in [1.807, 2.05) is 0 Å². The summed E-state index contributed by atoms with van der Waals surface area (Å²) in [5.74, 6) is -1.48. The summed E-state index contributed by atoms with van der Waals surface area (Å²) in [7, 11) is 2.49. The van der Waals surface area contributed by atoms with Crippen LogP contribution in [-0.2, 0) is 19.0 Å². The first-order valence-electron chi connectivity index (χ1n) is 12.2. The highest BCUT2D eigenvalue weighted by atomic mass is 16.7. The molecule has 4 rings (SSSR count). The summed E-state index contributed by atoms with van der Waals surface area (Å²) < 4.78 is 21.3. The summed E-state index contributed by atoms with van der Waals surface area (Å²) in [6.45, 7) is 0.647. The van der Waals surface area contributed by atoms with Crippen molar-refractivity contribution >= 4 is 40.1 Å². The van der Waals surface area contributed by atoms with Crippen molar-refractivity contribution in [2.45, 2.75) is 37.6 Å². The average Bonchev–Trinajstić information content (AvgIpc) is 2.96. The van der Waals surface area contributed by atoms with Crippen LogP contribution in [-0.4, -0.2) is 89.6 Å². The summed E-state index contributed by atoms with van der Waals surface area (Å²) in [6.07, 6.45) is -3.99. The lowest BCUT2D eigenvalue weighted by atomic mass is 9.97. The fourth-order valence-corrected chi connectivity index (χ4v) is 4.33. The van der Waals surface area contributed by atoms with Gasteiger partial charge in [0.15, 0.2) is 0 Å². The highest BCUT2D eigenvalue weighted by Gasteiger charge is 2.46. The summed E-state index contributed by atoms with van der Waals surface area (Å²) >= 11 is 0. The highest BCUT2D eigenvalue weighted by molar-refractivity contribution is 6.07. The maximum absolute atomic E-state index is 12.6. The number of esters is 2. The van der Waals surface area contributed by atoms with Gasteiger partial charge < -0.3 is 44.9 Å². The average molecular weight is 556 g/mol. The van der Waals surface area contributed by atoms with Crippen molar-refractivity contribution in [3.8, 4) is 5.75 Å². The number of nitrogens with zero attached hydrogens (tertiary/aromatic N) is 1. The van der Waals surface area contributed by atoms with Crippen molar-refractivity contribution < 1.29 is 48.7 Å². The molecule has 1 amide bonds. The Kier molecular flexibility index (Phi) is 8.80. The molecule has 0 spiro atoms. The van der Waals surface area contributed by atoms with Crippen molar-refractivity contribution in [3.05, 3.63) is 59.8 Å². The molecule has 0 bridgehead atoms. The lowest BCUT2D eigenvalue weighted by Crippen LogP contribution is -2.65. The number of ether oxygens (including phenoxy) is 4. The fourth-order valence-electron chi connectivity index (χ4n) is 4.33. The first-order chi connectivity index (χ1) is 19.2. The van der Waals surface area contributed by atoms with E-state index in [2.05, 4.69) is 15.6 Å². The van der Waals surface area contributed by atoms with Gasteiger partial charge in [-0.3, -0.25) is 9.78 Å². The van der Waals surface area contributed by atoms with E-state index in [0.717, 1.165) is 0 Å². The van der Waals surface area contributed by atoms with Crippen LogP contribution in [0, 0.1) is 0 Å². The van der Waals surface area contributed by atoms with E-state index in [9.17, 15) is 29.7 Å². The first-order valence-corrected chi connectivity index (χ1v) is 12.2. The van der Waals surface area contributed by atoms with Crippen LogP contribution in [0.4, 0.5) is 11.4 Å². The Hall–Kier alpha value is -4.30. The minimum absolute atomic E-state index is 0.104. The molecule has 1 aliphatic heterocycles. The molecule has 5 N–H and O–H groups in total. The third-order valence-electron chi connectivity index (χ3n) is 6.30. The van der Waals surface area contributed by atoms with Crippen LogP contribution < -0.4 is 15.4 Å². The minimum Gasteiger partial charge on any atom is -0.465 e. The predicted octanol–water partition coefficient (Wildman–Crippen LogP) is 0.874. The number of anilines is 2. The van der Waals surface area contributed by atoms with Crippen LogP contribution in [0.1, 0.15) is 27.6 Å². The van der Waals surface area contributed by atoms with Crippen LogP contribution in [0.3, 0.4) is 0 Å². The van der Waals surface area contributed by atoms with Gasteiger partial charge in [0.1, 0.15) is 35.7 Å². The van der Waals surface area contributed by atoms with E-state index < -0.39 is 55.1 Å². The molecule has 1 aliphatic rings. The van der Waals surface area contributed by atoms with Crippen molar-refractivity contribution in [3.63, 3.8) is 0 Å². The van der Waals surface area contributed by atoms with Crippen molar-refractivity contribution in [2.75, 3.05) is 26.1 Å². The third-order valence-corrected chi connectivity index (χ3v) is 6.30. The lowest BCUT2D eigenvalue weighted by molar-refractivity contribution is -0.244. The first kappa shape index (κ1) is 28.7. The number of fused-ring (bicyclic) bond motifs is 1. The van der Waals surface area contributed by atoms with E-state index in [-0.39, 0.29) is 16.9 Å². The van der Waals surface area contributed by atoms with Gasteiger partial charge in [-0.1, -0.05) is 6.07 Å². The van der Waals surface area contributed by atoms with E-state index in [1.165, 1.54) is 27.3 Å². The molecule has 3 aromatic rings. The molecule has 0 aliphatic carbocycles. The second-order valence-electron chi connectivity index (χ2n) is 8.97. The number of aliphatic hydroxyl groups excluding tert-OH is 3. The minimum atomic E-state index is -1.48. The van der Waals surface area contributed by atoms with Gasteiger partial charge in [0.05, 0.1) is 37.6 Å². The van der Waals surface area contributed by atoms with Gasteiger partial charge in [-0.2, -0.15) is 0 Å². The number of pyridine rings is 1. The van der Waals surface area contributed by atoms with Crippen molar-refractivity contribution in [1.82, 2.24) is 10.3 Å². The number of nitrogens with one attached hydrogen (secondary N) is 2. The molecule has 1 aromatic heterocycles. The Morgan fingerprint density at radius 2 is 1.77 bits per heavy atom. The number of methoxy groups -OCH3 is 2. The molecule has 0 saturated carbocycles. The van der Waals surface area contributed by atoms with E-state index in [1.54, 1.807) is 42.5 Å². The SMILES string of the molecule is COC(=O)c1ccc2ncc(C(=O)OC)c(Nc3cccc(O[C@H]4O[C@@H](CO)[C@@H](O)[C@@H](O)[C@H]4NC(C)=O)c3)c2c1. The second-order valence-corrected chi connectivity index (χ2v) is 8.97. The molecule has 212 valence electrons. The molecule has 1 fully saturated rings. The van der Waals surface area contributed by atoms with Gasteiger partial charge in [-0.15, -0.1) is 0 Å². The molecular formula is C27H29N3O10. The van der Waals surface area contributed by atoms with Crippen LogP contribution in [0.25, 0.3) is 10.9 Å². The van der Waals surface area contributed by atoms with Gasteiger partial charge in [0.2, 0.25) is 12.2 Å². The van der Waals surface area contributed by atoms with Crippen LogP contribution in [0.2, 0.25) is 0 Å². The summed E-state index contributed by atoms with van der Waals surface area (Å²) in [5, 5.41) is 36.5. The van der Waals surface area contributed by atoms with Crippen LogP contribution in [0.15, 0.2) is 48.7 Å². The zero-order valence-corrected chi connectivity index (χ0v) is 21.9. The van der Waals surface area contributed by atoms with Gasteiger partial charge in [-0.05, 0) is 30.3 Å². The second kappa shape index (κ2) is 12.3. The highest BCUT2D eigenvalue weighted by Crippen LogP contribution is 2.32. The molecule has 13 nitrogen and oxygen atoms in total. The largest absolute Gasteiger partial charge is 0.465 e. The fraction of sp³-hybridized carbons (Fsp3) is 0.333. The van der Waals surface area contributed by atoms with Gasteiger partial charge in [0.25, 0.3) is 0 Å². The number of rotatable bonds is 8. The third kappa shape index (κ3) is 5.97. The maximum atomic E-state index is 12.6. The molecule has 40 heavy (non-hydrogen) atoms. The number of aliphatic hydroxyl groups is 3. The monoisotopic (exact) mass is 555 g/mol. The molecule has 5 atom stereocenters. The molecule has 1 saturated heterocycles. The van der Waals surface area contributed by atoms with Gasteiger partial charge in [-0.25, -0.2) is 9.59 Å². The maximum Gasteiger partial charge on any atom is 0.341 e. The van der Waals surface area contributed by atoms with E-state index in [4.69, 9.17) is 18.9 Å². The molecule has 2 heterocycles. The van der Waals surface area contributed by atoms with Gasteiger partial charge in [0, 0.05) is 30.3 Å². The summed E-state index contributed by atoms with van der Waals surface area (Å²) in [4.78, 5) is 40.8. The number of hydrogen-bond acceptors (Lipinski definition) is 12. The van der Waals surface area contributed by atoms with Gasteiger partial charge >= 0.3 is 11.9 Å². The summed E-state index contributed by atoms with van der Waals surface area (Å²) in [6, 6.07) is 10.1.